The molecule has 0 aliphatic carbocycles. The van der Waals surface area contributed by atoms with Crippen molar-refractivity contribution in [3.05, 3.63) is 46.2 Å². The van der Waals surface area contributed by atoms with Crippen molar-refractivity contribution < 1.29 is 19.1 Å². The molecule has 1 aromatic carbocycles. The fraction of sp³-hybridized carbons (Fsp3) is 0.154. The van der Waals surface area contributed by atoms with Gasteiger partial charge in [-0.05, 0) is 31.2 Å². The first-order chi connectivity index (χ1) is 9.52. The molecular weight excluding hydrogens is 283 g/mol. The maximum Gasteiger partial charge on any atom is 0.355 e. The molecule has 0 unspecified atom stereocenters. The molecule has 1 heterocycles. The molecule has 1 amide bonds. The number of halogens is 1. The van der Waals surface area contributed by atoms with Gasteiger partial charge in [0.15, 0.2) is 10.7 Å². The average molecular weight is 294 g/mol. The molecule has 0 bridgehead atoms. The van der Waals surface area contributed by atoms with Crippen LogP contribution < -0.4 is 4.90 Å². The molecular formula is C13H11FN2O3S. The van der Waals surface area contributed by atoms with Crippen LogP contribution in [0.25, 0.3) is 0 Å². The van der Waals surface area contributed by atoms with E-state index in [9.17, 15) is 14.0 Å². The van der Waals surface area contributed by atoms with Gasteiger partial charge in [0.2, 0.25) is 0 Å². The molecule has 0 saturated carbocycles. The molecule has 0 aliphatic heterocycles. The number of aromatic carboxylic acids is 1. The molecule has 7 heteroatoms. The molecule has 0 spiro atoms. The van der Waals surface area contributed by atoms with Crippen LogP contribution in [0.3, 0.4) is 0 Å². The summed E-state index contributed by atoms with van der Waals surface area (Å²) in [6.07, 6.45) is 0. The highest BCUT2D eigenvalue weighted by Crippen LogP contribution is 2.19. The highest BCUT2D eigenvalue weighted by atomic mass is 32.1. The Kier molecular flexibility index (Phi) is 4.09. The van der Waals surface area contributed by atoms with Gasteiger partial charge in [0.05, 0.1) is 0 Å². The first kappa shape index (κ1) is 14.1. The number of rotatable bonds is 4. The maximum absolute atomic E-state index is 12.9. The Balaban J connectivity index is 2.28. The summed E-state index contributed by atoms with van der Waals surface area (Å²) in [4.78, 5) is 28.2. The molecule has 0 fully saturated rings. The first-order valence-electron chi connectivity index (χ1n) is 5.79. The molecule has 0 saturated heterocycles. The van der Waals surface area contributed by atoms with Crippen LogP contribution in [0.5, 0.6) is 0 Å². The summed E-state index contributed by atoms with van der Waals surface area (Å²) in [5, 5.41) is 10.2. The van der Waals surface area contributed by atoms with Gasteiger partial charge in [-0.1, -0.05) is 0 Å². The van der Waals surface area contributed by atoms with Gasteiger partial charge < -0.3 is 10.0 Å². The third-order valence-electron chi connectivity index (χ3n) is 2.61. The Hall–Kier alpha value is -2.28. The van der Waals surface area contributed by atoms with E-state index in [1.807, 2.05) is 0 Å². The lowest BCUT2D eigenvalue weighted by atomic mass is 10.2. The smallest absolute Gasteiger partial charge is 0.355 e. The molecule has 0 aliphatic rings. The second-order valence-electron chi connectivity index (χ2n) is 3.87. The van der Waals surface area contributed by atoms with E-state index in [2.05, 4.69) is 4.98 Å². The number of carbonyl (C=O) groups excluding carboxylic acids is 1. The molecule has 20 heavy (non-hydrogen) atoms. The normalized spacial score (nSPS) is 10.3. The number of hydrogen-bond donors (Lipinski definition) is 1. The fourth-order valence-electron chi connectivity index (χ4n) is 1.65. The Morgan fingerprint density at radius 2 is 2.00 bits per heavy atom. The lowest BCUT2D eigenvalue weighted by molar-refractivity contribution is 0.0691. The largest absolute Gasteiger partial charge is 0.476 e. The number of carboxylic acids is 1. The Labute approximate surface area is 118 Å². The van der Waals surface area contributed by atoms with Crippen LogP contribution in [0, 0.1) is 5.82 Å². The van der Waals surface area contributed by atoms with E-state index in [0.29, 0.717) is 12.2 Å². The van der Waals surface area contributed by atoms with Crippen molar-refractivity contribution in [2.45, 2.75) is 6.92 Å². The predicted molar refractivity (Wildman–Crippen MR) is 72.8 cm³/mol. The summed E-state index contributed by atoms with van der Waals surface area (Å²) in [5.74, 6) is -1.97. The summed E-state index contributed by atoms with van der Waals surface area (Å²) < 4.78 is 12.9. The molecule has 0 radical (unpaired) electrons. The van der Waals surface area contributed by atoms with Crippen molar-refractivity contribution in [1.29, 1.82) is 0 Å². The molecule has 2 rings (SSSR count). The van der Waals surface area contributed by atoms with Crippen LogP contribution in [0.15, 0.2) is 29.6 Å². The van der Waals surface area contributed by atoms with Crippen LogP contribution in [0.4, 0.5) is 10.1 Å². The average Bonchev–Trinajstić information content (AvgIpc) is 2.91. The van der Waals surface area contributed by atoms with E-state index in [1.165, 1.54) is 34.5 Å². The Bertz CT molecular complexity index is 639. The fourth-order valence-corrected chi connectivity index (χ4v) is 2.39. The minimum absolute atomic E-state index is 0.0913. The topological polar surface area (TPSA) is 70.5 Å². The van der Waals surface area contributed by atoms with Crippen molar-refractivity contribution in [3.63, 3.8) is 0 Å². The molecule has 5 nitrogen and oxygen atoms in total. The quantitative estimate of drug-likeness (QED) is 0.941. The first-order valence-corrected chi connectivity index (χ1v) is 6.67. The van der Waals surface area contributed by atoms with E-state index in [1.54, 1.807) is 6.92 Å². The number of carbonyl (C=O) groups is 2. The summed E-state index contributed by atoms with van der Waals surface area (Å²) in [7, 11) is 0. The van der Waals surface area contributed by atoms with E-state index < -0.39 is 11.9 Å². The van der Waals surface area contributed by atoms with Gasteiger partial charge >= 0.3 is 5.97 Å². The zero-order valence-electron chi connectivity index (χ0n) is 10.5. The highest BCUT2D eigenvalue weighted by molar-refractivity contribution is 7.12. The van der Waals surface area contributed by atoms with E-state index in [-0.39, 0.29) is 16.5 Å². The minimum Gasteiger partial charge on any atom is -0.476 e. The van der Waals surface area contributed by atoms with Gasteiger partial charge in [-0.3, -0.25) is 4.79 Å². The molecule has 2 aromatic rings. The molecule has 104 valence electrons. The van der Waals surface area contributed by atoms with E-state index >= 15 is 0 Å². The zero-order valence-corrected chi connectivity index (χ0v) is 11.4. The number of nitrogens with zero attached hydrogens (tertiary/aromatic N) is 2. The summed E-state index contributed by atoms with van der Waals surface area (Å²) in [6, 6.07) is 5.50. The summed E-state index contributed by atoms with van der Waals surface area (Å²) in [5.41, 5.74) is 0.375. The number of anilines is 1. The van der Waals surface area contributed by atoms with Crippen LogP contribution in [0.1, 0.15) is 27.2 Å². The van der Waals surface area contributed by atoms with Gasteiger partial charge in [0, 0.05) is 17.6 Å². The SMILES string of the molecule is CCN(C(=O)c1nc(C(=O)O)cs1)c1ccc(F)cc1. The maximum atomic E-state index is 12.9. The Morgan fingerprint density at radius 1 is 1.35 bits per heavy atom. The van der Waals surface area contributed by atoms with Crippen LogP contribution in [-0.4, -0.2) is 28.5 Å². The molecule has 0 atom stereocenters. The van der Waals surface area contributed by atoms with Crippen molar-refractivity contribution in [2.24, 2.45) is 0 Å². The van der Waals surface area contributed by atoms with Crippen molar-refractivity contribution in [1.82, 2.24) is 4.98 Å². The van der Waals surface area contributed by atoms with Crippen LogP contribution in [0.2, 0.25) is 0 Å². The number of benzene rings is 1. The highest BCUT2D eigenvalue weighted by Gasteiger charge is 2.21. The second-order valence-corrected chi connectivity index (χ2v) is 4.73. The second kappa shape index (κ2) is 5.79. The Morgan fingerprint density at radius 3 is 2.50 bits per heavy atom. The van der Waals surface area contributed by atoms with E-state index in [0.717, 1.165) is 11.3 Å². The number of hydrogen-bond acceptors (Lipinski definition) is 4. The lowest BCUT2D eigenvalue weighted by Gasteiger charge is -2.19. The predicted octanol–water partition coefficient (Wildman–Crippen LogP) is 2.65. The third kappa shape index (κ3) is 2.83. The van der Waals surface area contributed by atoms with Crippen molar-refractivity contribution >= 4 is 28.9 Å². The van der Waals surface area contributed by atoms with Crippen molar-refractivity contribution in [2.75, 3.05) is 11.4 Å². The summed E-state index contributed by atoms with van der Waals surface area (Å²) >= 11 is 0.970. The van der Waals surface area contributed by atoms with Gasteiger partial charge in [0.25, 0.3) is 5.91 Å². The lowest BCUT2D eigenvalue weighted by Crippen LogP contribution is -2.30. The van der Waals surface area contributed by atoms with Crippen LogP contribution >= 0.6 is 11.3 Å². The third-order valence-corrected chi connectivity index (χ3v) is 3.44. The summed E-state index contributed by atoms with van der Waals surface area (Å²) in [6.45, 7) is 2.14. The molecule has 1 N–H and O–H groups in total. The number of amides is 1. The van der Waals surface area contributed by atoms with Crippen LogP contribution in [-0.2, 0) is 0 Å². The van der Waals surface area contributed by atoms with Gasteiger partial charge in [-0.25, -0.2) is 14.2 Å². The van der Waals surface area contributed by atoms with Gasteiger partial charge in [-0.2, -0.15) is 0 Å². The van der Waals surface area contributed by atoms with Gasteiger partial charge in [0.1, 0.15) is 5.82 Å². The standard InChI is InChI=1S/C13H11FN2O3S/c1-2-16(9-5-3-8(14)4-6-9)12(17)11-15-10(7-20-11)13(18)19/h3-7H,2H2,1H3,(H,18,19). The van der Waals surface area contributed by atoms with E-state index in [4.69, 9.17) is 5.11 Å². The van der Waals surface area contributed by atoms with Crippen molar-refractivity contribution in [3.8, 4) is 0 Å². The number of carboxylic acid groups (broad SMARTS) is 1. The monoisotopic (exact) mass is 294 g/mol. The number of aromatic nitrogens is 1. The van der Waals surface area contributed by atoms with Gasteiger partial charge in [-0.15, -0.1) is 11.3 Å². The number of thiazole rings is 1. The minimum atomic E-state index is -1.18. The molecule has 1 aromatic heterocycles. The zero-order chi connectivity index (χ0) is 14.7.